The molecule has 33 heavy (non-hydrogen) atoms. The SMILES string of the molecule is Cc1ccc(S(=O)(=O)N[C@]2(Nc3ccc(C)c(C)c3)C(Cl)=C(Cl)C(=O)C(Cl)(Cl)C2(Cl)Cl)cc1. The molecule has 0 bridgehead atoms. The van der Waals surface area contributed by atoms with Crippen LogP contribution in [-0.4, -0.2) is 28.5 Å². The molecule has 0 radical (unpaired) electrons. The molecular weight excluding hydrogens is 573 g/mol. The van der Waals surface area contributed by atoms with Crippen molar-refractivity contribution in [2.45, 2.75) is 40.0 Å². The number of carbonyl (C=O) groups excluding carboxylic acids is 1. The number of nitrogens with one attached hydrogen (secondary N) is 2. The van der Waals surface area contributed by atoms with E-state index in [4.69, 9.17) is 69.6 Å². The number of Topliss-reactive ketones (excluding diaryl/α,β-unsaturated/α-hetero) is 1. The summed E-state index contributed by atoms with van der Waals surface area (Å²) in [5.41, 5.74) is 0.701. The molecule has 2 aromatic rings. The molecule has 3 rings (SSSR count). The van der Waals surface area contributed by atoms with Crippen molar-refractivity contribution in [1.82, 2.24) is 4.72 Å². The Labute approximate surface area is 222 Å². The first-order valence-corrected chi connectivity index (χ1v) is 13.1. The van der Waals surface area contributed by atoms with Gasteiger partial charge in [-0.15, -0.1) is 0 Å². The van der Waals surface area contributed by atoms with Crippen molar-refractivity contribution in [3.63, 3.8) is 0 Å². The molecule has 0 amide bonds. The molecule has 1 atom stereocenters. The molecule has 0 aromatic heterocycles. The zero-order valence-corrected chi connectivity index (χ0v) is 22.8. The molecule has 1 aliphatic rings. The van der Waals surface area contributed by atoms with E-state index in [-0.39, 0.29) is 4.90 Å². The predicted molar refractivity (Wildman–Crippen MR) is 136 cm³/mol. The summed E-state index contributed by atoms with van der Waals surface area (Å²) >= 11 is 38.4. The number of benzene rings is 2. The summed E-state index contributed by atoms with van der Waals surface area (Å²) in [5.74, 6) is -1.07. The van der Waals surface area contributed by atoms with Gasteiger partial charge in [0, 0.05) is 5.69 Å². The summed E-state index contributed by atoms with van der Waals surface area (Å²) in [5, 5.41) is 1.75. The van der Waals surface area contributed by atoms with Gasteiger partial charge in [-0.3, -0.25) is 4.79 Å². The van der Waals surface area contributed by atoms with Crippen LogP contribution in [0, 0.1) is 20.8 Å². The highest BCUT2D eigenvalue weighted by molar-refractivity contribution is 7.89. The van der Waals surface area contributed by atoms with Crippen LogP contribution < -0.4 is 10.0 Å². The minimum atomic E-state index is -4.36. The van der Waals surface area contributed by atoms with Crippen LogP contribution in [0.25, 0.3) is 0 Å². The molecule has 2 aromatic carbocycles. The third-order valence-electron chi connectivity index (χ3n) is 5.33. The van der Waals surface area contributed by atoms with Crippen LogP contribution in [0.3, 0.4) is 0 Å². The third-order valence-corrected chi connectivity index (χ3v) is 10.2. The van der Waals surface area contributed by atoms with Gasteiger partial charge in [-0.05, 0) is 56.2 Å². The maximum absolute atomic E-state index is 13.4. The number of carbonyl (C=O) groups is 1. The Morgan fingerprint density at radius 2 is 1.42 bits per heavy atom. The topological polar surface area (TPSA) is 75.3 Å². The number of allylic oxidation sites excluding steroid dienone is 1. The predicted octanol–water partition coefficient (Wildman–Crippen LogP) is 6.32. The number of anilines is 1. The number of aryl methyl sites for hydroxylation is 3. The molecular formula is C21H18Cl6N2O3S. The maximum atomic E-state index is 13.4. The summed E-state index contributed by atoms with van der Waals surface area (Å²) in [4.78, 5) is 12.6. The first kappa shape index (κ1) is 26.9. The van der Waals surface area contributed by atoms with Gasteiger partial charge in [0.2, 0.25) is 24.5 Å². The normalized spacial score (nSPS) is 22.4. The summed E-state index contributed by atoms with van der Waals surface area (Å²) in [7, 11) is -4.36. The van der Waals surface area contributed by atoms with E-state index in [1.165, 1.54) is 12.1 Å². The fraction of sp³-hybridized carbons (Fsp3) is 0.286. The number of hydrogen-bond donors (Lipinski definition) is 2. The molecule has 0 unspecified atom stereocenters. The number of hydrogen-bond acceptors (Lipinski definition) is 4. The van der Waals surface area contributed by atoms with Crippen LogP contribution in [0.15, 0.2) is 57.4 Å². The van der Waals surface area contributed by atoms with Gasteiger partial charge in [0.05, 0.1) is 9.93 Å². The zero-order valence-electron chi connectivity index (χ0n) is 17.4. The molecule has 1 aliphatic carbocycles. The first-order chi connectivity index (χ1) is 15.1. The quantitative estimate of drug-likeness (QED) is 0.316. The average Bonchev–Trinajstić information content (AvgIpc) is 2.73. The van der Waals surface area contributed by atoms with Gasteiger partial charge in [0.1, 0.15) is 5.03 Å². The number of ketones is 1. The molecule has 178 valence electrons. The molecule has 5 nitrogen and oxygen atoms in total. The van der Waals surface area contributed by atoms with Crippen LogP contribution in [0.4, 0.5) is 5.69 Å². The van der Waals surface area contributed by atoms with E-state index >= 15 is 0 Å². The van der Waals surface area contributed by atoms with Crippen molar-refractivity contribution >= 4 is 91.1 Å². The Bertz CT molecular complexity index is 1260. The van der Waals surface area contributed by atoms with E-state index in [2.05, 4.69) is 10.0 Å². The lowest BCUT2D eigenvalue weighted by atomic mass is 9.92. The molecule has 2 N–H and O–H groups in total. The smallest absolute Gasteiger partial charge is 0.242 e. The maximum Gasteiger partial charge on any atom is 0.242 e. The number of alkyl halides is 4. The van der Waals surface area contributed by atoms with Crippen LogP contribution in [-0.2, 0) is 14.8 Å². The van der Waals surface area contributed by atoms with Gasteiger partial charge in [-0.2, -0.15) is 4.72 Å². The molecule has 0 fully saturated rings. The second kappa shape index (κ2) is 9.07. The van der Waals surface area contributed by atoms with Gasteiger partial charge in [-0.25, -0.2) is 8.42 Å². The zero-order chi connectivity index (χ0) is 25.0. The van der Waals surface area contributed by atoms with Crippen molar-refractivity contribution in [2.24, 2.45) is 0 Å². The Kier molecular flexibility index (Phi) is 7.39. The van der Waals surface area contributed by atoms with E-state index in [1.807, 2.05) is 13.8 Å². The Morgan fingerprint density at radius 1 is 0.848 bits per heavy atom. The van der Waals surface area contributed by atoms with Crippen molar-refractivity contribution in [3.05, 3.63) is 69.2 Å². The molecule has 0 heterocycles. The first-order valence-electron chi connectivity index (χ1n) is 9.39. The lowest BCUT2D eigenvalue weighted by molar-refractivity contribution is -0.116. The summed E-state index contributed by atoms with van der Waals surface area (Å²) in [6.45, 7) is 5.55. The highest BCUT2D eigenvalue weighted by Gasteiger charge is 2.71. The minimum absolute atomic E-state index is 0.120. The lowest BCUT2D eigenvalue weighted by Crippen LogP contribution is -2.73. The van der Waals surface area contributed by atoms with Crippen LogP contribution in [0.5, 0.6) is 0 Å². The second-order valence-corrected chi connectivity index (χ2v) is 12.8. The van der Waals surface area contributed by atoms with Crippen molar-refractivity contribution < 1.29 is 13.2 Å². The average molecular weight is 591 g/mol. The Balaban J connectivity index is 2.29. The summed E-state index contributed by atoms with van der Waals surface area (Å²) < 4.78 is 24.0. The number of rotatable bonds is 5. The van der Waals surface area contributed by atoms with E-state index in [0.717, 1.165) is 16.7 Å². The summed E-state index contributed by atoms with van der Waals surface area (Å²) in [6, 6.07) is 11.1. The van der Waals surface area contributed by atoms with E-state index < -0.39 is 40.2 Å². The minimum Gasteiger partial charge on any atom is -0.359 e. The van der Waals surface area contributed by atoms with Gasteiger partial charge in [0.15, 0.2) is 5.66 Å². The van der Waals surface area contributed by atoms with Crippen molar-refractivity contribution in [3.8, 4) is 0 Å². The van der Waals surface area contributed by atoms with E-state index in [1.54, 1.807) is 37.3 Å². The monoisotopic (exact) mass is 588 g/mol. The van der Waals surface area contributed by atoms with E-state index in [9.17, 15) is 13.2 Å². The largest absolute Gasteiger partial charge is 0.359 e. The highest BCUT2D eigenvalue weighted by Crippen LogP contribution is 2.58. The van der Waals surface area contributed by atoms with Crippen molar-refractivity contribution in [1.29, 1.82) is 0 Å². The van der Waals surface area contributed by atoms with Gasteiger partial charge >= 0.3 is 0 Å². The highest BCUT2D eigenvalue weighted by atomic mass is 35.5. The molecule has 0 aliphatic heterocycles. The molecule has 0 saturated carbocycles. The summed E-state index contributed by atoms with van der Waals surface area (Å²) in [6.07, 6.45) is 0. The van der Waals surface area contributed by atoms with Gasteiger partial charge < -0.3 is 5.32 Å². The van der Waals surface area contributed by atoms with E-state index in [0.29, 0.717) is 5.69 Å². The van der Waals surface area contributed by atoms with Gasteiger partial charge in [-0.1, -0.05) is 93.4 Å². The number of halogens is 6. The number of sulfonamides is 1. The Morgan fingerprint density at radius 3 is 1.97 bits per heavy atom. The standard InChI is InChI=1S/C21H18Cl6N2O3S/c1-11-4-8-15(9-5-11)33(31,32)29-20(28-14-7-6-12(2)13(3)10-14)17(23)16(22)18(30)19(24,25)21(20,26)27/h4-10,28-29H,1-3H3/t20-/m1/s1. The third kappa shape index (κ3) is 4.50. The van der Waals surface area contributed by atoms with Crippen LogP contribution in [0.1, 0.15) is 16.7 Å². The van der Waals surface area contributed by atoms with Crippen LogP contribution >= 0.6 is 69.6 Å². The molecule has 0 spiro atoms. The van der Waals surface area contributed by atoms with Crippen molar-refractivity contribution in [2.75, 3.05) is 5.32 Å². The Hall–Kier alpha value is -0.700. The van der Waals surface area contributed by atoms with Crippen LogP contribution in [0.2, 0.25) is 0 Å². The van der Waals surface area contributed by atoms with Gasteiger partial charge in [0.25, 0.3) is 0 Å². The molecule has 12 heteroatoms. The second-order valence-electron chi connectivity index (χ2n) is 7.70. The fourth-order valence-electron chi connectivity index (χ4n) is 3.20. The fourth-order valence-corrected chi connectivity index (χ4v) is 6.51. The molecule has 0 saturated heterocycles. The lowest BCUT2D eigenvalue weighted by Gasteiger charge is -2.50.